The topological polar surface area (TPSA) is 75.6 Å². The van der Waals surface area contributed by atoms with E-state index in [4.69, 9.17) is 16.3 Å². The predicted octanol–water partition coefficient (Wildman–Crippen LogP) is 6.97. The number of aliphatic carboxylic acids is 1. The van der Waals surface area contributed by atoms with Crippen LogP contribution in [-0.4, -0.2) is 22.4 Å². The quantitative estimate of drug-likeness (QED) is 0.366. The van der Waals surface area contributed by atoms with Crippen molar-refractivity contribution in [3.8, 4) is 0 Å². The zero-order valence-corrected chi connectivity index (χ0v) is 19.5. The van der Waals surface area contributed by atoms with Crippen LogP contribution in [0.3, 0.4) is 0 Å². The highest BCUT2D eigenvalue weighted by molar-refractivity contribution is 7.99. The summed E-state index contributed by atoms with van der Waals surface area (Å²) in [7, 11) is 0. The third kappa shape index (κ3) is 7.08. The number of carboxylic acid groups (broad SMARTS) is 1. The lowest BCUT2D eigenvalue weighted by atomic mass is 9.86. The smallest absolute Gasteiger partial charge is 0.418 e. The largest absolute Gasteiger partial charge is 0.480 e. The number of amides is 1. The Bertz CT molecular complexity index is 941. The van der Waals surface area contributed by atoms with Crippen molar-refractivity contribution < 1.29 is 28.2 Å². The molecule has 178 valence electrons. The fraction of sp³-hybridized carbons (Fsp3) is 0.417. The van der Waals surface area contributed by atoms with Crippen LogP contribution in [0.2, 0.25) is 5.02 Å². The molecule has 0 saturated heterocycles. The summed E-state index contributed by atoms with van der Waals surface area (Å²) in [5.74, 6) is -4.37. The summed E-state index contributed by atoms with van der Waals surface area (Å²) in [6.07, 6.45) is 2.52. The molecule has 1 fully saturated rings. The Morgan fingerprint density at radius 2 is 1.82 bits per heavy atom. The summed E-state index contributed by atoms with van der Waals surface area (Å²) in [4.78, 5) is 24.1. The molecule has 1 aliphatic rings. The van der Waals surface area contributed by atoms with Gasteiger partial charge in [-0.15, -0.1) is 0 Å². The molecule has 2 aromatic carbocycles. The molecule has 9 heteroatoms. The van der Waals surface area contributed by atoms with Crippen LogP contribution >= 0.6 is 23.5 Å². The van der Waals surface area contributed by atoms with E-state index >= 15 is 8.78 Å². The Morgan fingerprint density at radius 1 is 1.12 bits per heavy atom. The van der Waals surface area contributed by atoms with Crippen molar-refractivity contribution in [1.82, 2.24) is 4.72 Å². The number of ether oxygens (including phenoxy) is 1. The first kappa shape index (κ1) is 25.3. The number of hydrogen-bond donors (Lipinski definition) is 2. The van der Waals surface area contributed by atoms with Gasteiger partial charge in [-0.2, -0.15) is 8.78 Å². The maximum absolute atomic E-state index is 15.4. The van der Waals surface area contributed by atoms with Crippen molar-refractivity contribution >= 4 is 35.6 Å². The molecule has 33 heavy (non-hydrogen) atoms. The standard InChI is InChI=1S/C24H26ClF2NO4S/c25-19-13-7-12-18(15-19)24(26,27)21(17-10-5-2-6-11-17)32-23(31)28-33-20(22(29)30)14-16-8-3-1-4-9-16/h2,5-7,10-13,15-16,20-21H,1,3-4,8-9,14H2,(H,28,31)(H,29,30)/t20-,21-/m0/s1. The molecule has 1 amide bonds. The molecule has 1 aliphatic carbocycles. The van der Waals surface area contributed by atoms with Crippen molar-refractivity contribution in [2.45, 2.75) is 55.8 Å². The minimum Gasteiger partial charge on any atom is -0.480 e. The summed E-state index contributed by atoms with van der Waals surface area (Å²) in [6.45, 7) is 0. The molecule has 0 spiro atoms. The van der Waals surface area contributed by atoms with Gasteiger partial charge in [0.05, 0.1) is 0 Å². The van der Waals surface area contributed by atoms with Crippen LogP contribution in [0.4, 0.5) is 13.6 Å². The molecule has 3 rings (SSSR count). The number of carbonyl (C=O) groups is 2. The lowest BCUT2D eigenvalue weighted by molar-refractivity contribution is -0.136. The Morgan fingerprint density at radius 3 is 2.45 bits per heavy atom. The van der Waals surface area contributed by atoms with E-state index in [0.717, 1.165) is 38.2 Å². The van der Waals surface area contributed by atoms with E-state index in [1.54, 1.807) is 18.2 Å². The molecule has 0 unspecified atom stereocenters. The fourth-order valence-electron chi connectivity index (χ4n) is 4.00. The van der Waals surface area contributed by atoms with E-state index in [2.05, 4.69) is 4.72 Å². The van der Waals surface area contributed by atoms with Gasteiger partial charge in [0.25, 0.3) is 0 Å². The lowest BCUT2D eigenvalue weighted by Crippen LogP contribution is -2.33. The van der Waals surface area contributed by atoms with Gasteiger partial charge in [-0.05, 0) is 42.0 Å². The van der Waals surface area contributed by atoms with E-state index in [1.807, 2.05) is 0 Å². The molecule has 2 aromatic rings. The maximum atomic E-state index is 15.4. The zero-order chi connectivity index (χ0) is 23.8. The minimum atomic E-state index is -3.58. The van der Waals surface area contributed by atoms with Crippen LogP contribution in [0.25, 0.3) is 0 Å². The average molecular weight is 498 g/mol. The molecular formula is C24H26ClF2NO4S. The zero-order valence-electron chi connectivity index (χ0n) is 17.9. The number of rotatable bonds is 9. The van der Waals surface area contributed by atoms with Gasteiger partial charge in [0.15, 0.2) is 6.10 Å². The first-order valence-electron chi connectivity index (χ1n) is 10.8. The van der Waals surface area contributed by atoms with E-state index in [-0.39, 0.29) is 16.5 Å². The van der Waals surface area contributed by atoms with Gasteiger partial charge in [0, 0.05) is 10.6 Å². The normalized spacial score (nSPS) is 16.6. The van der Waals surface area contributed by atoms with Gasteiger partial charge in [-0.3, -0.25) is 9.52 Å². The van der Waals surface area contributed by atoms with Crippen molar-refractivity contribution in [3.63, 3.8) is 0 Å². The van der Waals surface area contributed by atoms with Crippen molar-refractivity contribution in [2.75, 3.05) is 0 Å². The lowest BCUT2D eigenvalue weighted by Gasteiger charge is -2.28. The molecule has 0 heterocycles. The highest BCUT2D eigenvalue weighted by Gasteiger charge is 2.45. The van der Waals surface area contributed by atoms with E-state index in [1.165, 1.54) is 30.3 Å². The third-order valence-electron chi connectivity index (χ3n) is 5.70. The van der Waals surface area contributed by atoms with Crippen LogP contribution < -0.4 is 4.72 Å². The van der Waals surface area contributed by atoms with Crippen LogP contribution in [0, 0.1) is 5.92 Å². The highest BCUT2D eigenvalue weighted by Crippen LogP contribution is 2.43. The first-order chi connectivity index (χ1) is 15.8. The van der Waals surface area contributed by atoms with Gasteiger partial charge >= 0.3 is 18.0 Å². The van der Waals surface area contributed by atoms with E-state index < -0.39 is 34.9 Å². The molecule has 0 bridgehead atoms. The summed E-state index contributed by atoms with van der Waals surface area (Å²) in [5, 5.41) is 8.78. The third-order valence-corrected chi connectivity index (χ3v) is 6.90. The van der Waals surface area contributed by atoms with Crippen LogP contribution in [0.1, 0.15) is 55.8 Å². The Hall–Kier alpha value is -2.32. The summed E-state index contributed by atoms with van der Waals surface area (Å²) >= 11 is 6.58. The summed E-state index contributed by atoms with van der Waals surface area (Å²) in [5.41, 5.74) is -0.301. The Balaban J connectivity index is 1.71. The van der Waals surface area contributed by atoms with Crippen LogP contribution in [0.15, 0.2) is 54.6 Å². The van der Waals surface area contributed by atoms with Crippen LogP contribution in [0.5, 0.6) is 0 Å². The SMILES string of the molecule is O=C(NS[C@@H](CC1CCCCC1)C(=O)O)O[C@@H](c1ccccc1)C(F)(F)c1cccc(Cl)c1. The minimum absolute atomic E-state index is 0.0969. The monoisotopic (exact) mass is 497 g/mol. The van der Waals surface area contributed by atoms with E-state index in [0.29, 0.717) is 18.4 Å². The number of hydrogen-bond acceptors (Lipinski definition) is 4. The van der Waals surface area contributed by atoms with Gasteiger partial charge in [0.1, 0.15) is 5.25 Å². The summed E-state index contributed by atoms with van der Waals surface area (Å²) in [6, 6.07) is 12.9. The number of nitrogens with one attached hydrogen (secondary N) is 1. The fourth-order valence-corrected chi connectivity index (χ4v) is 4.95. The number of benzene rings is 2. The van der Waals surface area contributed by atoms with Gasteiger partial charge in [0.2, 0.25) is 0 Å². The average Bonchev–Trinajstić information content (AvgIpc) is 2.81. The number of carboxylic acids is 1. The molecule has 2 atom stereocenters. The molecule has 0 radical (unpaired) electrons. The second kappa shape index (κ2) is 11.7. The van der Waals surface area contributed by atoms with Gasteiger partial charge in [-0.25, -0.2) is 4.79 Å². The van der Waals surface area contributed by atoms with Gasteiger partial charge in [-0.1, -0.05) is 86.2 Å². The second-order valence-corrected chi connectivity index (χ2v) is 9.56. The predicted molar refractivity (Wildman–Crippen MR) is 124 cm³/mol. The molecule has 2 N–H and O–H groups in total. The number of halogens is 3. The van der Waals surface area contributed by atoms with E-state index in [9.17, 15) is 14.7 Å². The molecule has 0 aliphatic heterocycles. The van der Waals surface area contributed by atoms with Crippen molar-refractivity contribution in [1.29, 1.82) is 0 Å². The number of alkyl halides is 2. The highest BCUT2D eigenvalue weighted by atomic mass is 35.5. The second-order valence-electron chi connectivity index (χ2n) is 8.12. The molecular weight excluding hydrogens is 472 g/mol. The molecule has 5 nitrogen and oxygen atoms in total. The van der Waals surface area contributed by atoms with Gasteiger partial charge < -0.3 is 9.84 Å². The maximum Gasteiger partial charge on any atom is 0.418 e. The van der Waals surface area contributed by atoms with Crippen molar-refractivity contribution in [2.24, 2.45) is 5.92 Å². The van der Waals surface area contributed by atoms with Crippen LogP contribution in [-0.2, 0) is 15.5 Å². The molecule has 0 aromatic heterocycles. The summed E-state index contributed by atoms with van der Waals surface area (Å²) < 4.78 is 38.3. The number of carbonyl (C=O) groups excluding carboxylic acids is 1. The molecule has 1 saturated carbocycles. The Kier molecular flexibility index (Phi) is 8.97. The van der Waals surface area contributed by atoms with Crippen molar-refractivity contribution in [3.05, 3.63) is 70.7 Å². The first-order valence-corrected chi connectivity index (χ1v) is 12.1. The Labute approximate surface area is 201 Å².